The van der Waals surface area contributed by atoms with Gasteiger partial charge in [-0.15, -0.1) is 5.10 Å². The highest BCUT2D eigenvalue weighted by atomic mass is 79.9. The van der Waals surface area contributed by atoms with E-state index in [1.807, 2.05) is 0 Å². The van der Waals surface area contributed by atoms with E-state index in [4.69, 9.17) is 4.74 Å². The number of rotatable bonds is 6. The Morgan fingerprint density at radius 3 is 2.86 bits per heavy atom. The lowest BCUT2D eigenvalue weighted by Gasteiger charge is -2.26. The Morgan fingerprint density at radius 2 is 2.24 bits per heavy atom. The minimum atomic E-state index is -0.633. The molecule has 1 amide bonds. The number of nitro groups is 1. The fourth-order valence-corrected chi connectivity index (χ4v) is 2.51. The molecule has 116 valence electrons. The first-order chi connectivity index (χ1) is 10.1. The summed E-state index contributed by atoms with van der Waals surface area (Å²) in [7, 11) is 0. The third-order valence-corrected chi connectivity index (χ3v) is 3.88. The van der Waals surface area contributed by atoms with Gasteiger partial charge in [-0.2, -0.15) is 0 Å². The Kier molecular flexibility index (Phi) is 5.65. The van der Waals surface area contributed by atoms with Crippen LogP contribution in [0, 0.1) is 10.1 Å². The smallest absolute Gasteiger partial charge is 0.357 e. The second kappa shape index (κ2) is 7.48. The van der Waals surface area contributed by atoms with Crippen molar-refractivity contribution in [3.8, 4) is 0 Å². The highest BCUT2D eigenvalue weighted by Crippen LogP contribution is 2.25. The van der Waals surface area contributed by atoms with Gasteiger partial charge in [0.1, 0.15) is 4.47 Å². The van der Waals surface area contributed by atoms with Crippen molar-refractivity contribution in [3.63, 3.8) is 0 Å². The van der Waals surface area contributed by atoms with Crippen LogP contribution in [0.25, 0.3) is 0 Å². The number of H-pyrrole nitrogens is 1. The molecule has 0 aliphatic carbocycles. The summed E-state index contributed by atoms with van der Waals surface area (Å²) in [5.74, 6) is -0.762. The largest absolute Gasteiger partial charge is 0.379 e. The van der Waals surface area contributed by atoms with E-state index in [0.29, 0.717) is 6.54 Å². The molecular formula is C11H16BrN5O4. The van der Waals surface area contributed by atoms with Crippen LogP contribution in [0.1, 0.15) is 16.9 Å². The van der Waals surface area contributed by atoms with Crippen molar-refractivity contribution in [1.29, 1.82) is 0 Å². The number of aromatic nitrogens is 2. The lowest BCUT2D eigenvalue weighted by molar-refractivity contribution is -0.390. The van der Waals surface area contributed by atoms with E-state index in [1.54, 1.807) is 0 Å². The van der Waals surface area contributed by atoms with Crippen molar-refractivity contribution in [1.82, 2.24) is 20.4 Å². The summed E-state index contributed by atoms with van der Waals surface area (Å²) in [4.78, 5) is 24.2. The first-order valence-electron chi connectivity index (χ1n) is 6.56. The molecule has 0 aromatic carbocycles. The zero-order valence-electron chi connectivity index (χ0n) is 11.3. The zero-order valence-corrected chi connectivity index (χ0v) is 12.9. The van der Waals surface area contributed by atoms with Crippen LogP contribution in [0.2, 0.25) is 0 Å². The van der Waals surface area contributed by atoms with Crippen LogP contribution in [-0.2, 0) is 4.74 Å². The third kappa shape index (κ3) is 4.22. The Bertz CT molecular complexity index is 515. The summed E-state index contributed by atoms with van der Waals surface area (Å²) < 4.78 is 5.32. The van der Waals surface area contributed by atoms with Crippen LogP contribution in [0.3, 0.4) is 0 Å². The molecule has 2 heterocycles. The quantitative estimate of drug-likeness (QED) is 0.434. The predicted octanol–water partition coefficient (Wildman–Crippen LogP) is 0.533. The van der Waals surface area contributed by atoms with Crippen molar-refractivity contribution in [2.75, 3.05) is 39.4 Å². The number of carbonyl (C=O) groups is 1. The molecule has 2 N–H and O–H groups in total. The Morgan fingerprint density at radius 1 is 1.52 bits per heavy atom. The summed E-state index contributed by atoms with van der Waals surface area (Å²) in [5, 5.41) is 19.2. The second-order valence-corrected chi connectivity index (χ2v) is 5.35. The molecular weight excluding hydrogens is 346 g/mol. The van der Waals surface area contributed by atoms with Gasteiger partial charge in [0.15, 0.2) is 5.69 Å². The third-order valence-electron chi connectivity index (χ3n) is 3.13. The Labute approximate surface area is 129 Å². The lowest BCUT2D eigenvalue weighted by atomic mass is 10.3. The zero-order chi connectivity index (χ0) is 15.2. The summed E-state index contributed by atoms with van der Waals surface area (Å²) in [6, 6.07) is 0. The van der Waals surface area contributed by atoms with Gasteiger partial charge in [-0.05, 0) is 33.8 Å². The van der Waals surface area contributed by atoms with E-state index < -0.39 is 10.8 Å². The number of amides is 1. The number of aromatic amines is 1. The van der Waals surface area contributed by atoms with E-state index in [0.717, 1.165) is 39.3 Å². The van der Waals surface area contributed by atoms with Gasteiger partial charge in [0.05, 0.1) is 13.2 Å². The van der Waals surface area contributed by atoms with Crippen LogP contribution in [0.5, 0.6) is 0 Å². The number of nitrogens with one attached hydrogen (secondary N) is 2. The molecule has 0 radical (unpaired) electrons. The number of hydrogen-bond acceptors (Lipinski definition) is 6. The fraction of sp³-hybridized carbons (Fsp3) is 0.636. The monoisotopic (exact) mass is 361 g/mol. The van der Waals surface area contributed by atoms with Gasteiger partial charge in [0.25, 0.3) is 5.91 Å². The number of carbonyl (C=O) groups excluding carboxylic acids is 1. The SMILES string of the molecule is O=C(NCCCN1CCOCC1)c1n[nH]c([N+](=O)[O-])c1Br. The minimum Gasteiger partial charge on any atom is -0.379 e. The summed E-state index contributed by atoms with van der Waals surface area (Å²) in [5.41, 5.74) is -0.00641. The first kappa shape index (κ1) is 15.9. The Hall–Kier alpha value is -1.52. The second-order valence-electron chi connectivity index (χ2n) is 4.56. The van der Waals surface area contributed by atoms with Gasteiger partial charge in [-0.3, -0.25) is 9.69 Å². The number of nitrogens with zero attached hydrogens (tertiary/aromatic N) is 3. The maximum absolute atomic E-state index is 11.9. The van der Waals surface area contributed by atoms with Crippen LogP contribution >= 0.6 is 15.9 Å². The van der Waals surface area contributed by atoms with Crippen LogP contribution in [-0.4, -0.2) is 65.3 Å². The average molecular weight is 362 g/mol. The van der Waals surface area contributed by atoms with E-state index >= 15 is 0 Å². The van der Waals surface area contributed by atoms with Gasteiger partial charge < -0.3 is 20.2 Å². The van der Waals surface area contributed by atoms with Crippen molar-refractivity contribution < 1.29 is 14.5 Å². The molecule has 1 aromatic rings. The molecule has 0 bridgehead atoms. The minimum absolute atomic E-state index is 0.00641. The molecule has 2 rings (SSSR count). The Balaban J connectivity index is 1.75. The maximum Gasteiger partial charge on any atom is 0.357 e. The topological polar surface area (TPSA) is 113 Å². The van der Waals surface area contributed by atoms with Crippen LogP contribution < -0.4 is 5.32 Å². The van der Waals surface area contributed by atoms with E-state index in [9.17, 15) is 14.9 Å². The number of halogens is 1. The van der Waals surface area contributed by atoms with Gasteiger partial charge >= 0.3 is 5.82 Å². The standard InChI is InChI=1S/C11H16BrN5O4/c12-8-9(14-15-10(8)17(19)20)11(18)13-2-1-3-16-4-6-21-7-5-16/h1-7H2,(H,13,18)(H,14,15). The predicted molar refractivity (Wildman–Crippen MR) is 77.2 cm³/mol. The summed E-state index contributed by atoms with van der Waals surface area (Å²) in [6.07, 6.45) is 0.801. The summed E-state index contributed by atoms with van der Waals surface area (Å²) >= 11 is 3.01. The van der Waals surface area contributed by atoms with E-state index in [2.05, 4.69) is 36.3 Å². The fourth-order valence-electron chi connectivity index (χ4n) is 2.00. The molecule has 1 fully saturated rings. The number of morpholine rings is 1. The van der Waals surface area contributed by atoms with E-state index in [1.165, 1.54) is 0 Å². The molecule has 1 aliphatic rings. The molecule has 0 saturated carbocycles. The highest BCUT2D eigenvalue weighted by molar-refractivity contribution is 9.10. The normalized spacial score (nSPS) is 15.9. The molecule has 21 heavy (non-hydrogen) atoms. The highest BCUT2D eigenvalue weighted by Gasteiger charge is 2.24. The van der Waals surface area contributed by atoms with Crippen molar-refractivity contribution in [3.05, 3.63) is 20.3 Å². The number of hydrogen-bond donors (Lipinski definition) is 2. The van der Waals surface area contributed by atoms with Crippen molar-refractivity contribution in [2.24, 2.45) is 0 Å². The average Bonchev–Trinajstić information content (AvgIpc) is 2.86. The molecule has 0 unspecified atom stereocenters. The first-order valence-corrected chi connectivity index (χ1v) is 7.35. The number of ether oxygens (including phenoxy) is 1. The molecule has 0 spiro atoms. The van der Waals surface area contributed by atoms with Crippen molar-refractivity contribution in [2.45, 2.75) is 6.42 Å². The molecule has 1 aromatic heterocycles. The molecule has 1 saturated heterocycles. The summed E-state index contributed by atoms with van der Waals surface area (Å²) in [6.45, 7) is 4.68. The molecule has 9 nitrogen and oxygen atoms in total. The van der Waals surface area contributed by atoms with Crippen LogP contribution in [0.4, 0.5) is 5.82 Å². The van der Waals surface area contributed by atoms with Crippen LogP contribution in [0.15, 0.2) is 4.47 Å². The maximum atomic E-state index is 11.9. The lowest BCUT2D eigenvalue weighted by Crippen LogP contribution is -2.38. The molecule has 0 atom stereocenters. The van der Waals surface area contributed by atoms with Gasteiger partial charge in [-0.1, -0.05) is 5.10 Å². The van der Waals surface area contributed by atoms with Gasteiger partial charge in [0, 0.05) is 19.6 Å². The van der Waals surface area contributed by atoms with Gasteiger partial charge in [0.2, 0.25) is 0 Å². The van der Waals surface area contributed by atoms with Gasteiger partial charge in [-0.25, -0.2) is 0 Å². The van der Waals surface area contributed by atoms with Crippen molar-refractivity contribution >= 4 is 27.7 Å². The molecule has 10 heteroatoms. The van der Waals surface area contributed by atoms with E-state index in [-0.39, 0.29) is 16.0 Å². The molecule has 1 aliphatic heterocycles.